The molecule has 2 saturated heterocycles. The minimum atomic E-state index is -0.413. The first-order valence-electron chi connectivity index (χ1n) is 6.10. The van der Waals surface area contributed by atoms with E-state index in [-0.39, 0.29) is 11.6 Å². The summed E-state index contributed by atoms with van der Waals surface area (Å²) in [6.07, 6.45) is 3.37. The molecule has 4 heteroatoms. The van der Waals surface area contributed by atoms with Crippen LogP contribution in [-0.4, -0.2) is 30.3 Å². The van der Waals surface area contributed by atoms with Gasteiger partial charge >= 0.3 is 6.09 Å². The van der Waals surface area contributed by atoms with Crippen LogP contribution >= 0.6 is 0 Å². The third kappa shape index (κ3) is 2.67. The van der Waals surface area contributed by atoms with Crippen LogP contribution in [0.2, 0.25) is 0 Å². The molecule has 2 aliphatic heterocycles. The Morgan fingerprint density at radius 1 is 1.50 bits per heavy atom. The van der Waals surface area contributed by atoms with Crippen molar-refractivity contribution in [3.8, 4) is 0 Å². The van der Waals surface area contributed by atoms with E-state index in [2.05, 4.69) is 10.6 Å². The number of amides is 1. The summed E-state index contributed by atoms with van der Waals surface area (Å²) in [5.74, 6) is 0.877. The number of hydrogen-bond donors (Lipinski definition) is 2. The maximum Gasteiger partial charge on any atom is 0.407 e. The van der Waals surface area contributed by atoms with Gasteiger partial charge in [-0.1, -0.05) is 0 Å². The Morgan fingerprint density at radius 3 is 2.69 bits per heavy atom. The molecule has 16 heavy (non-hydrogen) atoms. The van der Waals surface area contributed by atoms with Crippen molar-refractivity contribution in [1.29, 1.82) is 0 Å². The predicted octanol–water partition coefficient (Wildman–Crippen LogP) is 1.65. The number of nitrogens with one attached hydrogen (secondary N) is 2. The van der Waals surface area contributed by atoms with E-state index in [0.717, 1.165) is 12.5 Å². The van der Waals surface area contributed by atoms with E-state index in [1.165, 1.54) is 19.3 Å². The molecule has 2 N–H and O–H groups in total. The zero-order valence-corrected chi connectivity index (χ0v) is 10.4. The number of fused-ring (bicyclic) bond motifs is 2. The summed E-state index contributed by atoms with van der Waals surface area (Å²) in [6, 6.07) is 0. The summed E-state index contributed by atoms with van der Waals surface area (Å²) in [6.45, 7) is 7.41. The fourth-order valence-corrected chi connectivity index (χ4v) is 2.70. The molecule has 2 bridgehead atoms. The van der Waals surface area contributed by atoms with E-state index in [1.54, 1.807) is 0 Å². The maximum atomic E-state index is 11.5. The van der Waals surface area contributed by atoms with E-state index in [4.69, 9.17) is 4.74 Å². The van der Waals surface area contributed by atoms with Gasteiger partial charge in [0.2, 0.25) is 0 Å². The number of ether oxygens (including phenoxy) is 1. The van der Waals surface area contributed by atoms with Gasteiger partial charge in [0.05, 0.1) is 0 Å². The highest BCUT2D eigenvalue weighted by molar-refractivity contribution is 5.67. The monoisotopic (exact) mass is 226 g/mol. The van der Waals surface area contributed by atoms with Crippen molar-refractivity contribution in [1.82, 2.24) is 10.6 Å². The summed E-state index contributed by atoms with van der Waals surface area (Å²) < 4.78 is 5.21. The van der Waals surface area contributed by atoms with Gasteiger partial charge < -0.3 is 15.4 Å². The zero-order chi connectivity index (χ0) is 11.8. The smallest absolute Gasteiger partial charge is 0.407 e. The summed E-state index contributed by atoms with van der Waals surface area (Å²) in [5, 5.41) is 6.37. The molecule has 1 amide bonds. The first kappa shape index (κ1) is 11.7. The van der Waals surface area contributed by atoms with Gasteiger partial charge in [-0.2, -0.15) is 0 Å². The van der Waals surface area contributed by atoms with Gasteiger partial charge in [0.25, 0.3) is 0 Å². The predicted molar refractivity (Wildman–Crippen MR) is 62.3 cm³/mol. The number of carbonyl (C=O) groups is 1. The highest BCUT2D eigenvalue weighted by Crippen LogP contribution is 2.42. The van der Waals surface area contributed by atoms with E-state index in [0.29, 0.717) is 6.54 Å². The van der Waals surface area contributed by atoms with Crippen molar-refractivity contribution in [2.75, 3.05) is 13.1 Å². The van der Waals surface area contributed by atoms with Crippen LogP contribution in [0.1, 0.15) is 40.0 Å². The number of alkyl carbamates (subject to hydrolysis) is 1. The molecule has 2 heterocycles. The van der Waals surface area contributed by atoms with Crippen molar-refractivity contribution in [2.45, 2.75) is 51.2 Å². The molecule has 0 unspecified atom stereocenters. The SMILES string of the molecule is CC(C)(C)OC(=O)NCC12CC(CCN1)C2. The van der Waals surface area contributed by atoms with Crippen molar-refractivity contribution in [3.05, 3.63) is 0 Å². The van der Waals surface area contributed by atoms with Crippen LogP contribution in [-0.2, 0) is 4.74 Å². The standard InChI is InChI=1S/C12H22N2O2/c1-11(2,3)16-10(15)13-8-12-6-9(7-12)4-5-14-12/h9,14H,4-8H2,1-3H3,(H,13,15). The Bertz CT molecular complexity index is 272. The van der Waals surface area contributed by atoms with Crippen molar-refractivity contribution in [3.63, 3.8) is 0 Å². The lowest BCUT2D eigenvalue weighted by Gasteiger charge is -2.53. The minimum Gasteiger partial charge on any atom is -0.444 e. The number of carbonyl (C=O) groups excluding carboxylic acids is 1. The molecule has 0 spiro atoms. The largest absolute Gasteiger partial charge is 0.444 e. The van der Waals surface area contributed by atoms with Gasteiger partial charge in [0, 0.05) is 12.1 Å². The molecular formula is C12H22N2O2. The Hall–Kier alpha value is -0.770. The molecule has 0 aromatic rings. The molecule has 4 nitrogen and oxygen atoms in total. The van der Waals surface area contributed by atoms with Crippen molar-refractivity contribution >= 4 is 6.09 Å². The number of hydrogen-bond acceptors (Lipinski definition) is 3. The quantitative estimate of drug-likeness (QED) is 0.753. The molecule has 3 rings (SSSR count). The van der Waals surface area contributed by atoms with Crippen LogP contribution in [0.15, 0.2) is 0 Å². The van der Waals surface area contributed by atoms with Gasteiger partial charge in [-0.3, -0.25) is 0 Å². The fourth-order valence-electron chi connectivity index (χ4n) is 2.70. The molecule has 92 valence electrons. The van der Waals surface area contributed by atoms with Gasteiger partial charge in [0.1, 0.15) is 5.60 Å². The molecular weight excluding hydrogens is 204 g/mol. The second-order valence-electron chi connectivity index (χ2n) is 6.13. The van der Waals surface area contributed by atoms with Gasteiger partial charge in [-0.05, 0) is 52.5 Å². The lowest BCUT2D eigenvalue weighted by atomic mass is 9.64. The Balaban J connectivity index is 1.73. The molecule has 0 aromatic heterocycles. The second-order valence-corrected chi connectivity index (χ2v) is 6.13. The topological polar surface area (TPSA) is 50.4 Å². The fraction of sp³-hybridized carbons (Fsp3) is 0.917. The lowest BCUT2D eigenvalue weighted by molar-refractivity contribution is 0.0323. The summed E-state index contributed by atoms with van der Waals surface area (Å²) in [7, 11) is 0. The Labute approximate surface area is 97.1 Å². The lowest BCUT2D eigenvalue weighted by Crippen LogP contribution is -2.65. The van der Waals surface area contributed by atoms with E-state index in [1.807, 2.05) is 20.8 Å². The highest BCUT2D eigenvalue weighted by Gasteiger charge is 2.46. The zero-order valence-electron chi connectivity index (χ0n) is 10.4. The van der Waals surface area contributed by atoms with Crippen LogP contribution in [0.4, 0.5) is 4.79 Å². The average Bonchev–Trinajstić information content (AvgIpc) is 2.12. The molecule has 3 fully saturated rings. The van der Waals surface area contributed by atoms with E-state index >= 15 is 0 Å². The third-order valence-corrected chi connectivity index (χ3v) is 3.38. The minimum absolute atomic E-state index is 0.166. The van der Waals surface area contributed by atoms with Crippen LogP contribution < -0.4 is 10.6 Å². The van der Waals surface area contributed by atoms with Gasteiger partial charge in [-0.25, -0.2) is 4.79 Å². The van der Waals surface area contributed by atoms with Gasteiger partial charge in [0.15, 0.2) is 0 Å². The highest BCUT2D eigenvalue weighted by atomic mass is 16.6. The Kier molecular flexibility index (Phi) is 2.86. The second kappa shape index (κ2) is 3.91. The van der Waals surface area contributed by atoms with Crippen molar-refractivity contribution in [2.24, 2.45) is 5.92 Å². The normalized spacial score (nSPS) is 32.8. The summed E-state index contributed by atoms with van der Waals surface area (Å²) in [4.78, 5) is 11.5. The van der Waals surface area contributed by atoms with Crippen molar-refractivity contribution < 1.29 is 9.53 Å². The van der Waals surface area contributed by atoms with E-state index in [9.17, 15) is 4.79 Å². The molecule has 1 saturated carbocycles. The van der Waals surface area contributed by atoms with Crippen LogP contribution in [0, 0.1) is 5.92 Å². The van der Waals surface area contributed by atoms with Gasteiger partial charge in [-0.15, -0.1) is 0 Å². The maximum absolute atomic E-state index is 11.5. The molecule has 0 aromatic carbocycles. The first-order valence-corrected chi connectivity index (χ1v) is 6.10. The molecule has 0 atom stereocenters. The summed E-state index contributed by atoms with van der Waals surface area (Å²) in [5.41, 5.74) is -0.246. The van der Waals surface area contributed by atoms with Crippen LogP contribution in [0.3, 0.4) is 0 Å². The molecule has 3 aliphatic rings. The molecule has 0 radical (unpaired) electrons. The molecule has 1 aliphatic carbocycles. The summed E-state index contributed by atoms with van der Waals surface area (Å²) >= 11 is 0. The third-order valence-electron chi connectivity index (χ3n) is 3.38. The Morgan fingerprint density at radius 2 is 2.19 bits per heavy atom. The average molecular weight is 226 g/mol. The number of rotatable bonds is 2. The van der Waals surface area contributed by atoms with E-state index < -0.39 is 5.60 Å². The van der Waals surface area contributed by atoms with Crippen LogP contribution in [0.25, 0.3) is 0 Å². The van der Waals surface area contributed by atoms with Crippen LogP contribution in [0.5, 0.6) is 0 Å². The first-order chi connectivity index (χ1) is 7.39. The number of piperidine rings is 2.